The summed E-state index contributed by atoms with van der Waals surface area (Å²) in [4.78, 5) is 14.5. The van der Waals surface area contributed by atoms with Crippen LogP contribution in [0.25, 0.3) is 4.85 Å². The highest BCUT2D eigenvalue weighted by Crippen LogP contribution is 2.24. The number of rotatable bonds is 2. The minimum absolute atomic E-state index is 0.267. The van der Waals surface area contributed by atoms with Gasteiger partial charge < -0.3 is 9.47 Å². The lowest BCUT2D eigenvalue weighted by Crippen LogP contribution is -2.03. The van der Waals surface area contributed by atoms with Gasteiger partial charge in [0.1, 0.15) is 5.75 Å². The molecule has 1 aromatic carbocycles. The molecule has 4 nitrogen and oxygen atoms in total. The molecule has 0 fully saturated rings. The van der Waals surface area contributed by atoms with E-state index in [4.69, 9.17) is 11.3 Å². The largest absolute Gasteiger partial charge is 0.496 e. The van der Waals surface area contributed by atoms with E-state index >= 15 is 0 Å². The van der Waals surface area contributed by atoms with Gasteiger partial charge in [-0.25, -0.2) is 9.64 Å². The van der Waals surface area contributed by atoms with Crippen LogP contribution in [0.5, 0.6) is 5.75 Å². The van der Waals surface area contributed by atoms with Crippen LogP contribution in [0.2, 0.25) is 0 Å². The Bertz CT molecular complexity index is 393. The zero-order valence-electron chi connectivity index (χ0n) is 7.90. The fourth-order valence-corrected chi connectivity index (χ4v) is 1.03. The second-order valence-electron chi connectivity index (χ2n) is 2.49. The number of hydrogen-bond donors (Lipinski definition) is 0. The summed E-state index contributed by atoms with van der Waals surface area (Å²) in [6.07, 6.45) is 0. The van der Waals surface area contributed by atoms with Crippen molar-refractivity contribution in [3.8, 4) is 5.75 Å². The summed E-state index contributed by atoms with van der Waals surface area (Å²) in [5.74, 6) is -0.100. The van der Waals surface area contributed by atoms with Crippen molar-refractivity contribution in [3.63, 3.8) is 0 Å². The van der Waals surface area contributed by atoms with E-state index in [1.807, 2.05) is 0 Å². The van der Waals surface area contributed by atoms with Crippen LogP contribution in [0.15, 0.2) is 18.2 Å². The Hall–Kier alpha value is -2.02. The standard InChI is InChI=1S/C10H9NO3/c1-11-7-4-5-9(13-2)8(6-7)10(12)14-3/h4-6H,2-3H3. The van der Waals surface area contributed by atoms with Gasteiger partial charge in [0.05, 0.1) is 26.4 Å². The van der Waals surface area contributed by atoms with Crippen molar-refractivity contribution >= 4 is 11.7 Å². The first-order chi connectivity index (χ1) is 6.72. The molecule has 0 N–H and O–H groups in total. The van der Waals surface area contributed by atoms with Gasteiger partial charge in [-0.3, -0.25) is 0 Å². The zero-order chi connectivity index (χ0) is 10.6. The number of esters is 1. The predicted octanol–water partition coefficient (Wildman–Crippen LogP) is 2.03. The number of carbonyl (C=O) groups excluding carboxylic acids is 1. The van der Waals surface area contributed by atoms with Crippen LogP contribution in [-0.2, 0) is 4.74 Å². The highest BCUT2D eigenvalue weighted by molar-refractivity contribution is 5.93. The predicted molar refractivity (Wildman–Crippen MR) is 50.6 cm³/mol. The SMILES string of the molecule is [C-]#[N+]c1ccc(OC)c(C(=O)OC)c1. The molecule has 0 aliphatic carbocycles. The van der Waals surface area contributed by atoms with E-state index in [1.165, 1.54) is 20.3 Å². The van der Waals surface area contributed by atoms with Crippen LogP contribution in [0.3, 0.4) is 0 Å². The lowest BCUT2D eigenvalue weighted by atomic mass is 10.2. The topological polar surface area (TPSA) is 39.9 Å². The number of nitrogens with zero attached hydrogens (tertiary/aromatic N) is 1. The summed E-state index contributed by atoms with van der Waals surface area (Å²) in [5, 5.41) is 0. The second kappa shape index (κ2) is 4.28. The summed E-state index contributed by atoms with van der Waals surface area (Å²) < 4.78 is 9.52. The van der Waals surface area contributed by atoms with E-state index in [2.05, 4.69) is 9.58 Å². The molecule has 0 unspecified atom stereocenters. The number of ether oxygens (including phenoxy) is 2. The van der Waals surface area contributed by atoms with Crippen molar-refractivity contribution in [2.75, 3.05) is 14.2 Å². The normalized spacial score (nSPS) is 8.93. The zero-order valence-corrected chi connectivity index (χ0v) is 7.90. The van der Waals surface area contributed by atoms with E-state index in [0.29, 0.717) is 11.4 Å². The van der Waals surface area contributed by atoms with Crippen molar-refractivity contribution in [3.05, 3.63) is 35.2 Å². The Balaban J connectivity index is 3.23. The highest BCUT2D eigenvalue weighted by atomic mass is 16.5. The molecule has 14 heavy (non-hydrogen) atoms. The van der Waals surface area contributed by atoms with Gasteiger partial charge in [0, 0.05) is 0 Å². The van der Waals surface area contributed by atoms with E-state index < -0.39 is 5.97 Å². The van der Waals surface area contributed by atoms with Gasteiger partial charge in [0.2, 0.25) is 0 Å². The molecule has 0 aliphatic rings. The van der Waals surface area contributed by atoms with Crippen molar-refractivity contribution in [2.24, 2.45) is 0 Å². The van der Waals surface area contributed by atoms with Crippen LogP contribution >= 0.6 is 0 Å². The molecule has 0 amide bonds. The average Bonchev–Trinajstić information content (AvgIpc) is 2.27. The third-order valence-electron chi connectivity index (χ3n) is 1.72. The van der Waals surface area contributed by atoms with E-state index in [1.54, 1.807) is 12.1 Å². The van der Waals surface area contributed by atoms with Crippen molar-refractivity contribution in [2.45, 2.75) is 0 Å². The van der Waals surface area contributed by atoms with Gasteiger partial charge in [-0.15, -0.1) is 0 Å². The van der Waals surface area contributed by atoms with Gasteiger partial charge >= 0.3 is 5.97 Å². The molecule has 4 heteroatoms. The van der Waals surface area contributed by atoms with Gasteiger partial charge in [-0.05, 0) is 12.1 Å². The molecule has 0 heterocycles. The summed E-state index contributed by atoms with van der Waals surface area (Å²) in [7, 11) is 2.74. The Kier molecular flexibility index (Phi) is 3.08. The first kappa shape index (κ1) is 10.1. The molecular formula is C10H9NO3. The number of methoxy groups -OCH3 is 2. The van der Waals surface area contributed by atoms with E-state index in [0.717, 1.165) is 0 Å². The summed E-state index contributed by atoms with van der Waals surface area (Å²) in [6.45, 7) is 6.80. The maximum atomic E-state index is 11.3. The first-order valence-electron chi connectivity index (χ1n) is 3.86. The summed E-state index contributed by atoms with van der Waals surface area (Å²) in [6, 6.07) is 4.59. The Morgan fingerprint density at radius 2 is 2.14 bits per heavy atom. The first-order valence-corrected chi connectivity index (χ1v) is 3.86. The minimum Gasteiger partial charge on any atom is -0.496 e. The fourth-order valence-electron chi connectivity index (χ4n) is 1.03. The van der Waals surface area contributed by atoms with Gasteiger partial charge in [0.15, 0.2) is 5.69 Å². The molecule has 0 saturated carbocycles. The fraction of sp³-hybridized carbons (Fsp3) is 0.200. The Morgan fingerprint density at radius 1 is 1.43 bits per heavy atom. The van der Waals surface area contributed by atoms with Crippen molar-refractivity contribution in [1.29, 1.82) is 0 Å². The van der Waals surface area contributed by atoms with Gasteiger partial charge in [-0.1, -0.05) is 6.07 Å². The molecule has 1 rings (SSSR count). The van der Waals surface area contributed by atoms with Gasteiger partial charge in [0.25, 0.3) is 0 Å². The molecule has 0 saturated heterocycles. The highest BCUT2D eigenvalue weighted by Gasteiger charge is 2.12. The van der Waals surface area contributed by atoms with Crippen molar-refractivity contribution in [1.82, 2.24) is 0 Å². The molecule has 0 spiro atoms. The van der Waals surface area contributed by atoms with Crippen LogP contribution in [0, 0.1) is 6.57 Å². The lowest BCUT2D eigenvalue weighted by Gasteiger charge is -2.06. The summed E-state index contributed by atoms with van der Waals surface area (Å²) >= 11 is 0. The molecule has 0 atom stereocenters. The third-order valence-corrected chi connectivity index (χ3v) is 1.72. The maximum absolute atomic E-state index is 11.3. The molecule has 0 aliphatic heterocycles. The maximum Gasteiger partial charge on any atom is 0.340 e. The Labute approximate surface area is 81.9 Å². The quantitative estimate of drug-likeness (QED) is 0.530. The van der Waals surface area contributed by atoms with E-state index in [9.17, 15) is 4.79 Å². The van der Waals surface area contributed by atoms with E-state index in [-0.39, 0.29) is 5.56 Å². The molecule has 0 radical (unpaired) electrons. The molecular weight excluding hydrogens is 182 g/mol. The van der Waals surface area contributed by atoms with Crippen LogP contribution < -0.4 is 4.74 Å². The van der Waals surface area contributed by atoms with Crippen LogP contribution in [-0.4, -0.2) is 20.2 Å². The number of carbonyl (C=O) groups is 1. The summed E-state index contributed by atoms with van der Waals surface area (Å²) in [5.41, 5.74) is 0.648. The Morgan fingerprint density at radius 3 is 2.64 bits per heavy atom. The lowest BCUT2D eigenvalue weighted by molar-refractivity contribution is 0.0597. The van der Waals surface area contributed by atoms with Crippen molar-refractivity contribution < 1.29 is 14.3 Å². The smallest absolute Gasteiger partial charge is 0.340 e. The second-order valence-corrected chi connectivity index (χ2v) is 2.49. The van der Waals surface area contributed by atoms with Crippen LogP contribution in [0.4, 0.5) is 5.69 Å². The minimum atomic E-state index is -0.507. The monoisotopic (exact) mass is 191 g/mol. The molecule has 1 aromatic rings. The van der Waals surface area contributed by atoms with Gasteiger partial charge in [-0.2, -0.15) is 0 Å². The number of benzene rings is 1. The average molecular weight is 191 g/mol. The molecule has 72 valence electrons. The molecule has 0 aromatic heterocycles. The number of hydrogen-bond acceptors (Lipinski definition) is 3. The molecule has 0 bridgehead atoms. The van der Waals surface area contributed by atoms with Crippen LogP contribution in [0.1, 0.15) is 10.4 Å². The third kappa shape index (κ3) is 1.83.